The third-order valence-electron chi connectivity index (χ3n) is 2.75. The number of carbonyl (C=O) groups excluding carboxylic acids is 1. The monoisotopic (exact) mass is 337 g/mol. The third-order valence-corrected chi connectivity index (χ3v) is 3.44. The van der Waals surface area contributed by atoms with Gasteiger partial charge in [0, 0.05) is 11.0 Å². The molecule has 1 aromatic carbocycles. The lowest BCUT2D eigenvalue weighted by molar-refractivity contribution is -0.144. The first kappa shape index (κ1) is 14.3. The second-order valence-electron chi connectivity index (χ2n) is 4.14. The summed E-state index contributed by atoms with van der Waals surface area (Å²) in [6.07, 6.45) is -2.85. The van der Waals surface area contributed by atoms with Gasteiger partial charge in [-0.2, -0.15) is 13.2 Å². The number of hydroxylamine groups is 2. The number of hydrogen-bond donors (Lipinski definition) is 0. The fraction of sp³-hybridized carbons (Fsp3) is 0.417. The van der Waals surface area contributed by atoms with Crippen LogP contribution >= 0.6 is 15.9 Å². The molecule has 0 spiro atoms. The maximum absolute atomic E-state index is 12.6. The molecule has 2 rings (SSSR count). The minimum Gasteiger partial charge on any atom is -0.271 e. The van der Waals surface area contributed by atoms with Crippen LogP contribution in [0.5, 0.6) is 0 Å². The van der Waals surface area contributed by atoms with Crippen molar-refractivity contribution in [3.63, 3.8) is 0 Å². The summed E-state index contributed by atoms with van der Waals surface area (Å²) >= 11 is 3.09. The lowest BCUT2D eigenvalue weighted by atomic mass is 10.1. The molecule has 1 aliphatic rings. The summed E-state index contributed by atoms with van der Waals surface area (Å²) in [6.45, 7) is 0.795. The summed E-state index contributed by atoms with van der Waals surface area (Å²) in [5.74, 6) is -0.558. The Morgan fingerprint density at radius 1 is 1.32 bits per heavy atom. The fourth-order valence-corrected chi connectivity index (χ4v) is 2.17. The van der Waals surface area contributed by atoms with Crippen molar-refractivity contribution >= 4 is 21.8 Å². The van der Waals surface area contributed by atoms with Crippen LogP contribution in [0, 0.1) is 0 Å². The van der Waals surface area contributed by atoms with Crippen molar-refractivity contribution in [3.8, 4) is 0 Å². The molecule has 0 bridgehead atoms. The van der Waals surface area contributed by atoms with E-state index in [4.69, 9.17) is 4.84 Å². The Balaban J connectivity index is 2.30. The first-order chi connectivity index (χ1) is 8.89. The third kappa shape index (κ3) is 3.27. The number of amides is 1. The Labute approximate surface area is 116 Å². The zero-order chi connectivity index (χ0) is 14.0. The van der Waals surface area contributed by atoms with E-state index in [0.717, 1.165) is 30.0 Å². The highest BCUT2D eigenvalue weighted by molar-refractivity contribution is 9.10. The van der Waals surface area contributed by atoms with E-state index in [-0.39, 0.29) is 5.56 Å². The molecular weight excluding hydrogens is 327 g/mol. The summed E-state index contributed by atoms with van der Waals surface area (Å²) in [5, 5.41) is 1.11. The van der Waals surface area contributed by atoms with Crippen LogP contribution in [-0.2, 0) is 11.0 Å². The van der Waals surface area contributed by atoms with Crippen LogP contribution in [0.3, 0.4) is 0 Å². The molecule has 0 N–H and O–H groups in total. The Morgan fingerprint density at radius 2 is 2.05 bits per heavy atom. The lowest BCUT2D eigenvalue weighted by Crippen LogP contribution is -2.36. The molecule has 1 aromatic rings. The molecule has 0 aliphatic carbocycles. The van der Waals surface area contributed by atoms with E-state index in [9.17, 15) is 18.0 Å². The van der Waals surface area contributed by atoms with Crippen LogP contribution in [0.2, 0.25) is 0 Å². The van der Waals surface area contributed by atoms with Gasteiger partial charge in [0.15, 0.2) is 0 Å². The van der Waals surface area contributed by atoms with Gasteiger partial charge in [-0.3, -0.25) is 9.63 Å². The maximum atomic E-state index is 12.6. The molecular formula is C12H11BrF3NO2. The normalized spacial score (nSPS) is 16.5. The van der Waals surface area contributed by atoms with Crippen molar-refractivity contribution in [2.75, 3.05) is 13.2 Å². The van der Waals surface area contributed by atoms with Crippen LogP contribution in [-0.4, -0.2) is 24.1 Å². The topological polar surface area (TPSA) is 29.5 Å². The highest BCUT2D eigenvalue weighted by atomic mass is 79.9. The number of halogens is 4. The Morgan fingerprint density at radius 3 is 2.63 bits per heavy atom. The van der Waals surface area contributed by atoms with Crippen molar-refractivity contribution < 1.29 is 22.8 Å². The summed E-state index contributed by atoms with van der Waals surface area (Å²) in [4.78, 5) is 17.3. The zero-order valence-corrected chi connectivity index (χ0v) is 11.4. The molecule has 7 heteroatoms. The fourth-order valence-electron chi connectivity index (χ4n) is 1.76. The first-order valence-corrected chi connectivity index (χ1v) is 6.50. The van der Waals surface area contributed by atoms with Gasteiger partial charge in [0.2, 0.25) is 0 Å². The molecule has 3 nitrogen and oxygen atoms in total. The maximum Gasteiger partial charge on any atom is 0.416 e. The van der Waals surface area contributed by atoms with Crippen molar-refractivity contribution in [2.24, 2.45) is 0 Å². The van der Waals surface area contributed by atoms with Gasteiger partial charge in [0.05, 0.1) is 17.7 Å². The minimum atomic E-state index is -4.47. The molecule has 104 valence electrons. The molecule has 0 saturated carbocycles. The Hall–Kier alpha value is -1.08. The lowest BCUT2D eigenvalue weighted by Gasteiger charge is -2.26. The van der Waals surface area contributed by atoms with Crippen molar-refractivity contribution in [2.45, 2.75) is 19.0 Å². The standard InChI is InChI=1S/C12H11BrF3NO2/c13-10-4-3-8(12(14,15)16)7-9(10)11(18)17-5-1-2-6-19-17/h3-4,7H,1-2,5-6H2. The van der Waals surface area contributed by atoms with E-state index in [1.807, 2.05) is 0 Å². The largest absolute Gasteiger partial charge is 0.416 e. The highest BCUT2D eigenvalue weighted by Gasteiger charge is 2.32. The van der Waals surface area contributed by atoms with Crippen LogP contribution in [0.15, 0.2) is 22.7 Å². The van der Waals surface area contributed by atoms with Gasteiger partial charge in [-0.1, -0.05) is 0 Å². The number of carbonyl (C=O) groups is 1. The second kappa shape index (κ2) is 5.50. The number of hydrogen-bond acceptors (Lipinski definition) is 2. The molecule has 0 atom stereocenters. The van der Waals surface area contributed by atoms with E-state index in [1.165, 1.54) is 6.07 Å². The molecule has 1 heterocycles. The van der Waals surface area contributed by atoms with E-state index >= 15 is 0 Å². The highest BCUT2D eigenvalue weighted by Crippen LogP contribution is 2.32. The first-order valence-electron chi connectivity index (χ1n) is 5.71. The molecule has 1 amide bonds. The van der Waals surface area contributed by atoms with Crippen molar-refractivity contribution in [1.29, 1.82) is 0 Å². The van der Waals surface area contributed by atoms with Crippen LogP contribution in [0.1, 0.15) is 28.8 Å². The number of rotatable bonds is 1. The summed E-state index contributed by atoms with van der Waals surface area (Å²) in [6, 6.07) is 2.99. The van der Waals surface area contributed by atoms with Gasteiger partial charge in [0.25, 0.3) is 5.91 Å². The van der Waals surface area contributed by atoms with E-state index in [2.05, 4.69) is 15.9 Å². The molecule has 19 heavy (non-hydrogen) atoms. The van der Waals surface area contributed by atoms with Gasteiger partial charge in [-0.15, -0.1) is 0 Å². The van der Waals surface area contributed by atoms with Gasteiger partial charge in [-0.05, 0) is 47.0 Å². The average Bonchev–Trinajstić information content (AvgIpc) is 2.38. The minimum absolute atomic E-state index is 0.0447. The number of benzene rings is 1. The van der Waals surface area contributed by atoms with E-state index < -0.39 is 17.6 Å². The van der Waals surface area contributed by atoms with E-state index in [0.29, 0.717) is 17.6 Å². The average molecular weight is 338 g/mol. The van der Waals surface area contributed by atoms with Gasteiger partial charge in [-0.25, -0.2) is 5.06 Å². The molecule has 0 aromatic heterocycles. The van der Waals surface area contributed by atoms with Gasteiger partial charge < -0.3 is 0 Å². The predicted octanol–water partition coefficient (Wildman–Crippen LogP) is 3.64. The van der Waals surface area contributed by atoms with Crippen molar-refractivity contribution in [1.82, 2.24) is 5.06 Å². The molecule has 1 aliphatic heterocycles. The quantitative estimate of drug-likeness (QED) is 0.783. The van der Waals surface area contributed by atoms with Gasteiger partial charge >= 0.3 is 6.18 Å². The molecule has 0 radical (unpaired) electrons. The number of alkyl halides is 3. The summed E-state index contributed by atoms with van der Waals surface area (Å²) < 4.78 is 38.2. The molecule has 1 saturated heterocycles. The smallest absolute Gasteiger partial charge is 0.271 e. The Kier molecular flexibility index (Phi) is 4.15. The number of nitrogens with zero attached hydrogens (tertiary/aromatic N) is 1. The van der Waals surface area contributed by atoms with Gasteiger partial charge in [0.1, 0.15) is 0 Å². The SMILES string of the molecule is O=C(c1cc(C(F)(F)F)ccc1Br)N1CCCCO1. The molecule has 1 fully saturated rings. The van der Waals surface area contributed by atoms with Crippen LogP contribution in [0.25, 0.3) is 0 Å². The van der Waals surface area contributed by atoms with Crippen LogP contribution < -0.4 is 0 Å². The van der Waals surface area contributed by atoms with Crippen LogP contribution in [0.4, 0.5) is 13.2 Å². The van der Waals surface area contributed by atoms with Crippen molar-refractivity contribution in [3.05, 3.63) is 33.8 Å². The molecule has 0 unspecified atom stereocenters. The second-order valence-corrected chi connectivity index (χ2v) is 4.99. The summed E-state index contributed by atoms with van der Waals surface area (Å²) in [5.41, 5.74) is -0.896. The van der Waals surface area contributed by atoms with E-state index in [1.54, 1.807) is 0 Å². The predicted molar refractivity (Wildman–Crippen MR) is 65.4 cm³/mol. The summed E-state index contributed by atoms with van der Waals surface area (Å²) in [7, 11) is 0. The zero-order valence-electron chi connectivity index (χ0n) is 9.84. The Bertz CT molecular complexity index is 484.